The number of hydrogen-bond acceptors (Lipinski definition) is 7. The van der Waals surface area contributed by atoms with Crippen LogP contribution in [0.1, 0.15) is 13.8 Å². The molecule has 33 heavy (non-hydrogen) atoms. The van der Waals surface area contributed by atoms with Gasteiger partial charge >= 0.3 is 0 Å². The van der Waals surface area contributed by atoms with Gasteiger partial charge in [-0.1, -0.05) is 38.1 Å². The van der Waals surface area contributed by atoms with E-state index in [2.05, 4.69) is 20.0 Å². The van der Waals surface area contributed by atoms with Crippen LogP contribution in [0.5, 0.6) is 11.5 Å². The number of para-hydroxylation sites is 2. The van der Waals surface area contributed by atoms with Crippen molar-refractivity contribution in [3.05, 3.63) is 65.6 Å². The number of sulfonamides is 1. The van der Waals surface area contributed by atoms with Crippen LogP contribution < -0.4 is 19.5 Å². The lowest BCUT2D eigenvalue weighted by molar-refractivity contribution is 0.395. The number of allylic oxidation sites excluding steroid dienone is 3. The summed E-state index contributed by atoms with van der Waals surface area (Å²) in [5, 5.41) is 3.16. The first-order valence-electron chi connectivity index (χ1n) is 10.5. The maximum Gasteiger partial charge on any atom is 0.262 e. The SMILES string of the molecule is COc1cc(Nc2nc3ccccc3nc2NS(=O)(=O)C2=CC(C)C(C)C=C2)cc(OC)c1. The first-order valence-corrected chi connectivity index (χ1v) is 12.0. The minimum Gasteiger partial charge on any atom is -0.497 e. The fraction of sp³-hybridized carbons (Fsp3) is 0.250. The lowest BCUT2D eigenvalue weighted by atomic mass is 9.92. The molecule has 1 heterocycles. The highest BCUT2D eigenvalue weighted by atomic mass is 32.2. The van der Waals surface area contributed by atoms with Crippen LogP contribution in [0, 0.1) is 11.8 Å². The first kappa shape index (κ1) is 22.6. The van der Waals surface area contributed by atoms with Crippen LogP contribution in [-0.2, 0) is 10.0 Å². The maximum absolute atomic E-state index is 13.2. The average Bonchev–Trinajstić information content (AvgIpc) is 2.80. The Balaban J connectivity index is 1.76. The Morgan fingerprint density at radius 3 is 2.06 bits per heavy atom. The molecular formula is C24H26N4O4S. The van der Waals surface area contributed by atoms with Crippen LogP contribution in [0.4, 0.5) is 17.3 Å². The Kier molecular flexibility index (Phi) is 6.24. The van der Waals surface area contributed by atoms with Gasteiger partial charge in [0.25, 0.3) is 10.0 Å². The Morgan fingerprint density at radius 1 is 0.879 bits per heavy atom. The molecule has 0 saturated carbocycles. The van der Waals surface area contributed by atoms with Crippen LogP contribution >= 0.6 is 0 Å². The molecule has 0 radical (unpaired) electrons. The number of methoxy groups -OCH3 is 2. The maximum atomic E-state index is 13.2. The molecular weight excluding hydrogens is 440 g/mol. The lowest BCUT2D eigenvalue weighted by Crippen LogP contribution is -2.20. The zero-order chi connectivity index (χ0) is 23.6. The predicted molar refractivity (Wildman–Crippen MR) is 130 cm³/mol. The number of nitrogens with zero attached hydrogens (tertiary/aromatic N) is 2. The fourth-order valence-corrected chi connectivity index (χ4v) is 4.59. The molecule has 1 aromatic heterocycles. The van der Waals surface area contributed by atoms with Gasteiger partial charge in [0, 0.05) is 23.9 Å². The molecule has 0 amide bonds. The van der Waals surface area contributed by atoms with Gasteiger partial charge < -0.3 is 14.8 Å². The van der Waals surface area contributed by atoms with Crippen molar-refractivity contribution in [1.82, 2.24) is 9.97 Å². The van der Waals surface area contributed by atoms with Gasteiger partial charge in [0.2, 0.25) is 0 Å². The van der Waals surface area contributed by atoms with Gasteiger partial charge in [0.1, 0.15) is 11.5 Å². The van der Waals surface area contributed by atoms with Crippen molar-refractivity contribution < 1.29 is 17.9 Å². The molecule has 0 spiro atoms. The van der Waals surface area contributed by atoms with Crippen LogP contribution in [-0.4, -0.2) is 32.6 Å². The van der Waals surface area contributed by atoms with Crippen LogP contribution in [0.3, 0.4) is 0 Å². The summed E-state index contributed by atoms with van der Waals surface area (Å²) >= 11 is 0. The number of nitrogens with one attached hydrogen (secondary N) is 2. The summed E-state index contributed by atoms with van der Waals surface area (Å²) in [7, 11) is -0.756. The second-order valence-corrected chi connectivity index (χ2v) is 9.57. The van der Waals surface area contributed by atoms with Crippen molar-refractivity contribution in [2.75, 3.05) is 24.3 Å². The summed E-state index contributed by atoms with van der Waals surface area (Å²) in [6, 6.07) is 12.5. The number of ether oxygens (including phenoxy) is 2. The van der Waals surface area contributed by atoms with Crippen molar-refractivity contribution in [2.45, 2.75) is 13.8 Å². The standard InChI is InChI=1S/C24H26N4O4S/c1-15-9-10-20(11-16(15)2)33(29,30)28-24-23(26-21-7-5-6-8-22(21)27-24)25-17-12-18(31-3)14-19(13-17)32-4/h5-16H,1-4H3,(H,25,26)(H,27,28). The largest absolute Gasteiger partial charge is 0.497 e. The van der Waals surface area contributed by atoms with E-state index in [0.717, 1.165) is 0 Å². The third kappa shape index (κ3) is 4.93. The van der Waals surface area contributed by atoms with Crippen molar-refractivity contribution in [1.29, 1.82) is 0 Å². The van der Waals surface area contributed by atoms with E-state index in [9.17, 15) is 8.42 Å². The van der Waals surface area contributed by atoms with Crippen molar-refractivity contribution in [3.8, 4) is 11.5 Å². The van der Waals surface area contributed by atoms with Crippen LogP contribution in [0.2, 0.25) is 0 Å². The second-order valence-electron chi connectivity index (χ2n) is 7.89. The quantitative estimate of drug-likeness (QED) is 0.513. The Labute approximate surface area is 193 Å². The molecule has 0 aliphatic heterocycles. The summed E-state index contributed by atoms with van der Waals surface area (Å²) < 4.78 is 39.6. The molecule has 4 rings (SSSR count). The second kappa shape index (κ2) is 9.11. The van der Waals surface area contributed by atoms with Gasteiger partial charge in [-0.15, -0.1) is 0 Å². The summed E-state index contributed by atoms with van der Waals surface area (Å²) in [5.41, 5.74) is 1.80. The van der Waals surface area contributed by atoms with Crippen LogP contribution in [0.25, 0.3) is 11.0 Å². The van der Waals surface area contributed by atoms with E-state index in [-0.39, 0.29) is 28.4 Å². The molecule has 2 unspecified atom stereocenters. The first-order chi connectivity index (χ1) is 15.8. The summed E-state index contributed by atoms with van der Waals surface area (Å²) in [4.78, 5) is 9.37. The number of rotatable bonds is 7. The Morgan fingerprint density at radius 2 is 1.48 bits per heavy atom. The molecule has 2 N–H and O–H groups in total. The van der Waals surface area contributed by atoms with Crippen molar-refractivity contribution >= 4 is 38.4 Å². The minimum absolute atomic E-state index is 0.0936. The zero-order valence-electron chi connectivity index (χ0n) is 18.9. The monoisotopic (exact) mass is 466 g/mol. The van der Waals surface area contributed by atoms with E-state index >= 15 is 0 Å². The van der Waals surface area contributed by atoms with E-state index in [0.29, 0.717) is 28.2 Å². The summed E-state index contributed by atoms with van der Waals surface area (Å²) in [6.45, 7) is 4.04. The molecule has 9 heteroatoms. The average molecular weight is 467 g/mol. The number of hydrogen-bond donors (Lipinski definition) is 2. The molecule has 0 bridgehead atoms. The highest BCUT2D eigenvalue weighted by Gasteiger charge is 2.24. The van der Waals surface area contributed by atoms with Gasteiger partial charge in [-0.25, -0.2) is 18.4 Å². The number of aromatic nitrogens is 2. The van der Waals surface area contributed by atoms with E-state index in [1.165, 1.54) is 0 Å². The third-order valence-corrected chi connectivity index (χ3v) is 6.90. The van der Waals surface area contributed by atoms with Gasteiger partial charge in [0.05, 0.1) is 30.2 Å². The molecule has 172 valence electrons. The summed E-state index contributed by atoms with van der Waals surface area (Å²) in [5.74, 6) is 1.88. The van der Waals surface area contributed by atoms with Gasteiger partial charge in [-0.05, 0) is 30.0 Å². The van der Waals surface area contributed by atoms with Gasteiger partial charge in [-0.3, -0.25) is 4.72 Å². The van der Waals surface area contributed by atoms with Crippen molar-refractivity contribution in [2.24, 2.45) is 11.8 Å². The molecule has 2 aromatic carbocycles. The highest BCUT2D eigenvalue weighted by Crippen LogP contribution is 2.32. The number of benzene rings is 2. The fourth-order valence-electron chi connectivity index (χ4n) is 3.43. The summed E-state index contributed by atoms with van der Waals surface area (Å²) in [6.07, 6.45) is 5.27. The van der Waals surface area contributed by atoms with Gasteiger partial charge in [-0.2, -0.15) is 0 Å². The predicted octanol–water partition coefficient (Wildman–Crippen LogP) is 4.86. The van der Waals surface area contributed by atoms with E-state index < -0.39 is 10.0 Å². The number of fused-ring (bicyclic) bond motifs is 1. The minimum atomic E-state index is -3.87. The van der Waals surface area contributed by atoms with E-state index in [1.807, 2.05) is 38.1 Å². The molecule has 0 fully saturated rings. The number of anilines is 3. The lowest BCUT2D eigenvalue weighted by Gasteiger charge is -2.20. The van der Waals surface area contributed by atoms with Crippen LogP contribution in [0.15, 0.2) is 65.6 Å². The van der Waals surface area contributed by atoms with Crippen molar-refractivity contribution in [3.63, 3.8) is 0 Å². The molecule has 2 atom stereocenters. The molecule has 1 aliphatic carbocycles. The normalized spacial score (nSPS) is 18.0. The smallest absolute Gasteiger partial charge is 0.262 e. The van der Waals surface area contributed by atoms with E-state index in [1.54, 1.807) is 50.6 Å². The highest BCUT2D eigenvalue weighted by molar-refractivity contribution is 7.96. The molecule has 1 aliphatic rings. The Hall–Kier alpha value is -3.59. The Bertz CT molecular complexity index is 1330. The zero-order valence-corrected chi connectivity index (χ0v) is 19.7. The van der Waals surface area contributed by atoms with Gasteiger partial charge in [0.15, 0.2) is 11.6 Å². The molecule has 8 nitrogen and oxygen atoms in total. The topological polar surface area (TPSA) is 102 Å². The van der Waals surface area contributed by atoms with E-state index in [4.69, 9.17) is 9.47 Å². The molecule has 3 aromatic rings. The molecule has 0 saturated heterocycles. The third-order valence-electron chi connectivity index (χ3n) is 5.55.